The number of hydrogen-bond acceptors (Lipinski definition) is 3. The predicted octanol–water partition coefficient (Wildman–Crippen LogP) is 3.38. The van der Waals surface area contributed by atoms with Crippen molar-refractivity contribution in [2.45, 2.75) is 38.0 Å². The first-order valence-electron chi connectivity index (χ1n) is 8.14. The number of carboxylic acids is 1. The van der Waals surface area contributed by atoms with Gasteiger partial charge >= 0.3 is 5.97 Å². The van der Waals surface area contributed by atoms with E-state index in [1.54, 1.807) is 0 Å². The standard InChI is InChI=1S/C18H27NO3/c1-19(2)11-12-22-17-9-7-16(8-10-17)15-5-3-14(4-6-15)13-18(20)21/h7-10,14-15H,3-6,11-13H2,1-2H3,(H,20,21). The van der Waals surface area contributed by atoms with E-state index < -0.39 is 5.97 Å². The molecule has 0 aromatic heterocycles. The third-order valence-electron chi connectivity index (χ3n) is 4.47. The molecule has 0 atom stereocenters. The second-order valence-corrected chi connectivity index (χ2v) is 6.54. The first-order chi connectivity index (χ1) is 10.5. The third-order valence-corrected chi connectivity index (χ3v) is 4.47. The molecule has 0 radical (unpaired) electrons. The van der Waals surface area contributed by atoms with Crippen LogP contribution in [0.15, 0.2) is 24.3 Å². The Hall–Kier alpha value is -1.55. The Kier molecular flexibility index (Phi) is 6.25. The second-order valence-electron chi connectivity index (χ2n) is 6.54. The summed E-state index contributed by atoms with van der Waals surface area (Å²) in [5.74, 6) is 1.19. The van der Waals surface area contributed by atoms with Gasteiger partial charge in [0.1, 0.15) is 12.4 Å². The summed E-state index contributed by atoms with van der Waals surface area (Å²) < 4.78 is 5.71. The molecule has 0 bridgehead atoms. The van der Waals surface area contributed by atoms with Gasteiger partial charge in [-0.1, -0.05) is 12.1 Å². The number of aliphatic carboxylic acids is 1. The molecule has 0 aliphatic heterocycles. The van der Waals surface area contributed by atoms with Gasteiger partial charge in [0, 0.05) is 13.0 Å². The molecule has 122 valence electrons. The van der Waals surface area contributed by atoms with E-state index in [0.717, 1.165) is 38.0 Å². The van der Waals surface area contributed by atoms with Crippen molar-refractivity contribution in [1.82, 2.24) is 4.90 Å². The zero-order valence-electron chi connectivity index (χ0n) is 13.6. The second kappa shape index (κ2) is 8.18. The van der Waals surface area contributed by atoms with Crippen LogP contribution in [-0.2, 0) is 4.79 Å². The van der Waals surface area contributed by atoms with Crippen molar-refractivity contribution in [1.29, 1.82) is 0 Å². The number of likely N-dealkylation sites (N-methyl/N-ethyl adjacent to an activating group) is 1. The van der Waals surface area contributed by atoms with E-state index in [1.807, 2.05) is 26.2 Å². The van der Waals surface area contributed by atoms with Crippen molar-refractivity contribution in [2.24, 2.45) is 5.92 Å². The van der Waals surface area contributed by atoms with Gasteiger partial charge in [-0.3, -0.25) is 4.79 Å². The maximum absolute atomic E-state index is 10.8. The van der Waals surface area contributed by atoms with Crippen LogP contribution < -0.4 is 4.74 Å². The van der Waals surface area contributed by atoms with Gasteiger partial charge in [-0.15, -0.1) is 0 Å². The Morgan fingerprint density at radius 3 is 2.36 bits per heavy atom. The molecule has 1 fully saturated rings. The maximum atomic E-state index is 10.8. The number of nitrogens with zero attached hydrogens (tertiary/aromatic N) is 1. The lowest BCUT2D eigenvalue weighted by Crippen LogP contribution is -2.19. The highest BCUT2D eigenvalue weighted by Crippen LogP contribution is 2.37. The summed E-state index contributed by atoms with van der Waals surface area (Å²) >= 11 is 0. The largest absolute Gasteiger partial charge is 0.492 e. The van der Waals surface area contributed by atoms with Gasteiger partial charge < -0.3 is 14.7 Å². The van der Waals surface area contributed by atoms with E-state index in [4.69, 9.17) is 9.84 Å². The molecule has 1 aromatic carbocycles. The molecule has 0 unspecified atom stereocenters. The quantitative estimate of drug-likeness (QED) is 0.839. The topological polar surface area (TPSA) is 49.8 Å². The van der Waals surface area contributed by atoms with Crippen LogP contribution in [0.3, 0.4) is 0 Å². The number of ether oxygens (including phenoxy) is 1. The van der Waals surface area contributed by atoms with E-state index in [2.05, 4.69) is 17.0 Å². The van der Waals surface area contributed by atoms with Crippen molar-refractivity contribution in [3.8, 4) is 5.75 Å². The summed E-state index contributed by atoms with van der Waals surface area (Å²) in [6.07, 6.45) is 4.57. The molecule has 0 saturated heterocycles. The highest BCUT2D eigenvalue weighted by Gasteiger charge is 2.23. The maximum Gasteiger partial charge on any atom is 0.303 e. The highest BCUT2D eigenvalue weighted by molar-refractivity contribution is 5.67. The molecule has 22 heavy (non-hydrogen) atoms. The minimum Gasteiger partial charge on any atom is -0.492 e. The van der Waals surface area contributed by atoms with Gasteiger partial charge in [-0.2, -0.15) is 0 Å². The number of benzene rings is 1. The van der Waals surface area contributed by atoms with E-state index in [9.17, 15) is 4.79 Å². The lowest BCUT2D eigenvalue weighted by atomic mass is 9.77. The van der Waals surface area contributed by atoms with E-state index in [-0.39, 0.29) is 0 Å². The van der Waals surface area contributed by atoms with Crippen LogP contribution in [0.25, 0.3) is 0 Å². The minimum atomic E-state index is -0.664. The van der Waals surface area contributed by atoms with Crippen LogP contribution >= 0.6 is 0 Å². The first-order valence-corrected chi connectivity index (χ1v) is 8.14. The summed E-state index contributed by atoms with van der Waals surface area (Å²) in [5, 5.41) is 8.87. The average molecular weight is 305 g/mol. The normalized spacial score (nSPS) is 21.8. The fourth-order valence-electron chi connectivity index (χ4n) is 3.13. The number of carboxylic acid groups (broad SMARTS) is 1. The molecule has 1 N–H and O–H groups in total. The van der Waals surface area contributed by atoms with Crippen molar-refractivity contribution >= 4 is 5.97 Å². The van der Waals surface area contributed by atoms with Gasteiger partial charge in [0.05, 0.1) is 0 Å². The van der Waals surface area contributed by atoms with Crippen LogP contribution in [0.2, 0.25) is 0 Å². The van der Waals surface area contributed by atoms with Gasteiger partial charge in [-0.05, 0) is 69.3 Å². The highest BCUT2D eigenvalue weighted by atomic mass is 16.5. The first kappa shape index (κ1) is 16.8. The van der Waals surface area contributed by atoms with Crippen LogP contribution in [0.4, 0.5) is 0 Å². The van der Waals surface area contributed by atoms with Crippen molar-refractivity contribution in [3.05, 3.63) is 29.8 Å². The lowest BCUT2D eigenvalue weighted by Gasteiger charge is -2.28. The Morgan fingerprint density at radius 2 is 1.82 bits per heavy atom. The van der Waals surface area contributed by atoms with E-state index in [0.29, 0.717) is 24.9 Å². The van der Waals surface area contributed by atoms with Crippen LogP contribution in [0.1, 0.15) is 43.6 Å². The van der Waals surface area contributed by atoms with E-state index in [1.165, 1.54) is 5.56 Å². The van der Waals surface area contributed by atoms with Gasteiger partial charge in [0.2, 0.25) is 0 Å². The Morgan fingerprint density at radius 1 is 1.18 bits per heavy atom. The number of hydrogen-bond donors (Lipinski definition) is 1. The average Bonchev–Trinajstić information content (AvgIpc) is 2.48. The van der Waals surface area contributed by atoms with Gasteiger partial charge in [0.15, 0.2) is 0 Å². The third kappa shape index (κ3) is 5.34. The molecular weight excluding hydrogens is 278 g/mol. The fraction of sp³-hybridized carbons (Fsp3) is 0.611. The summed E-state index contributed by atoms with van der Waals surface area (Å²) in [5.41, 5.74) is 1.36. The summed E-state index contributed by atoms with van der Waals surface area (Å²) in [7, 11) is 4.07. The fourth-order valence-corrected chi connectivity index (χ4v) is 3.13. The predicted molar refractivity (Wildman–Crippen MR) is 87.4 cm³/mol. The Balaban J connectivity index is 1.80. The Labute approximate surface area is 133 Å². The molecule has 0 heterocycles. The molecule has 4 nitrogen and oxygen atoms in total. The SMILES string of the molecule is CN(C)CCOc1ccc(C2CCC(CC(=O)O)CC2)cc1. The molecule has 1 aromatic rings. The van der Waals surface area contributed by atoms with Crippen molar-refractivity contribution in [3.63, 3.8) is 0 Å². The van der Waals surface area contributed by atoms with Crippen LogP contribution in [-0.4, -0.2) is 43.2 Å². The Bertz CT molecular complexity index is 462. The number of rotatable bonds is 7. The monoisotopic (exact) mass is 305 g/mol. The van der Waals surface area contributed by atoms with E-state index >= 15 is 0 Å². The van der Waals surface area contributed by atoms with Crippen LogP contribution in [0.5, 0.6) is 5.75 Å². The minimum absolute atomic E-state index is 0.325. The molecule has 0 amide bonds. The molecular formula is C18H27NO3. The summed E-state index contributed by atoms with van der Waals surface area (Å²) in [6, 6.07) is 8.42. The molecule has 4 heteroatoms. The molecule has 0 spiro atoms. The summed E-state index contributed by atoms with van der Waals surface area (Å²) in [6.45, 7) is 1.61. The molecule has 1 aliphatic rings. The lowest BCUT2D eigenvalue weighted by molar-refractivity contribution is -0.138. The summed E-state index contributed by atoms with van der Waals surface area (Å²) in [4.78, 5) is 12.9. The number of carbonyl (C=O) groups is 1. The van der Waals surface area contributed by atoms with Crippen molar-refractivity contribution < 1.29 is 14.6 Å². The van der Waals surface area contributed by atoms with Gasteiger partial charge in [0.25, 0.3) is 0 Å². The molecule has 1 saturated carbocycles. The van der Waals surface area contributed by atoms with Gasteiger partial charge in [-0.25, -0.2) is 0 Å². The zero-order valence-corrected chi connectivity index (χ0v) is 13.6. The van der Waals surface area contributed by atoms with Crippen molar-refractivity contribution in [2.75, 3.05) is 27.2 Å². The molecule has 1 aliphatic carbocycles. The molecule has 2 rings (SSSR count). The smallest absolute Gasteiger partial charge is 0.303 e. The zero-order chi connectivity index (χ0) is 15.9. The van der Waals surface area contributed by atoms with Crippen LogP contribution in [0, 0.1) is 5.92 Å².